The van der Waals surface area contributed by atoms with Gasteiger partial charge >= 0.3 is 16.2 Å². The van der Waals surface area contributed by atoms with Crippen LogP contribution in [0.25, 0.3) is 0 Å². The lowest BCUT2D eigenvalue weighted by Gasteiger charge is -2.18. The second kappa shape index (κ2) is 4.01. The van der Waals surface area contributed by atoms with Gasteiger partial charge in [0, 0.05) is 13.6 Å². The van der Waals surface area contributed by atoms with Crippen molar-refractivity contribution in [3.63, 3.8) is 0 Å². The number of nitrogens with one attached hydrogen (secondary N) is 1. The molecule has 0 fully saturated rings. The Morgan fingerprint density at radius 3 is 2.76 bits per heavy atom. The zero-order valence-corrected chi connectivity index (χ0v) is 9.99. The van der Waals surface area contributed by atoms with Crippen LogP contribution in [0.15, 0.2) is 18.2 Å². The average Bonchev–Trinajstić information content (AvgIpc) is 2.72. The Morgan fingerprint density at radius 2 is 2.18 bits per heavy atom. The van der Waals surface area contributed by atoms with E-state index in [9.17, 15) is 13.2 Å². The molecule has 0 saturated heterocycles. The Labute approximate surface area is 99.0 Å². The van der Waals surface area contributed by atoms with Crippen LogP contribution in [0, 0.1) is 0 Å². The quantitative estimate of drug-likeness (QED) is 0.809. The van der Waals surface area contributed by atoms with E-state index in [1.54, 1.807) is 0 Å². The van der Waals surface area contributed by atoms with Gasteiger partial charge in [-0.15, -0.1) is 0 Å². The molecule has 0 spiro atoms. The van der Waals surface area contributed by atoms with E-state index in [1.807, 2.05) is 0 Å². The van der Waals surface area contributed by atoms with Gasteiger partial charge in [-0.2, -0.15) is 8.42 Å². The molecule has 17 heavy (non-hydrogen) atoms. The lowest BCUT2D eigenvalue weighted by molar-refractivity contribution is 0.0697. The highest BCUT2D eigenvalue weighted by Gasteiger charge is 2.28. The molecule has 2 N–H and O–H groups in total. The van der Waals surface area contributed by atoms with Crippen LogP contribution in [-0.4, -0.2) is 33.1 Å². The third-order valence-corrected chi connectivity index (χ3v) is 4.20. The number of carboxylic acids is 1. The standard InChI is InChI=1S/C10H12N2O4S/c1-11-17(15,16)12-5-4-7-6-8(10(13)14)2-3-9(7)12/h2-3,6,11H,4-5H2,1H3,(H,13,14). The summed E-state index contributed by atoms with van der Waals surface area (Å²) in [6, 6.07) is 4.45. The van der Waals surface area contributed by atoms with Crippen molar-refractivity contribution in [1.29, 1.82) is 0 Å². The molecule has 1 aliphatic heterocycles. The van der Waals surface area contributed by atoms with E-state index in [4.69, 9.17) is 5.11 Å². The molecule has 0 saturated carbocycles. The Morgan fingerprint density at radius 1 is 1.47 bits per heavy atom. The Hall–Kier alpha value is -1.60. The number of anilines is 1. The van der Waals surface area contributed by atoms with Crippen LogP contribution in [0.3, 0.4) is 0 Å². The summed E-state index contributed by atoms with van der Waals surface area (Å²) >= 11 is 0. The van der Waals surface area contributed by atoms with Gasteiger partial charge in [0.05, 0.1) is 11.3 Å². The summed E-state index contributed by atoms with van der Waals surface area (Å²) in [5, 5.41) is 8.84. The summed E-state index contributed by atoms with van der Waals surface area (Å²) in [4.78, 5) is 10.8. The Bertz CT molecular complexity index is 568. The molecule has 1 aromatic rings. The van der Waals surface area contributed by atoms with E-state index >= 15 is 0 Å². The first-order chi connectivity index (χ1) is 7.95. The minimum absolute atomic E-state index is 0.174. The number of benzene rings is 1. The molecule has 92 valence electrons. The molecule has 1 aliphatic rings. The molecule has 1 aromatic carbocycles. The van der Waals surface area contributed by atoms with Crippen LogP contribution in [0.2, 0.25) is 0 Å². The molecule has 0 amide bonds. The first kappa shape index (κ1) is 11.9. The third-order valence-electron chi connectivity index (χ3n) is 2.73. The molecule has 0 aliphatic carbocycles. The third kappa shape index (κ3) is 1.98. The van der Waals surface area contributed by atoms with Crippen molar-refractivity contribution >= 4 is 21.9 Å². The minimum Gasteiger partial charge on any atom is -0.478 e. The summed E-state index contributed by atoms with van der Waals surface area (Å²) in [7, 11) is -2.16. The van der Waals surface area contributed by atoms with E-state index in [0.29, 0.717) is 18.7 Å². The molecule has 6 nitrogen and oxygen atoms in total. The number of aromatic carboxylic acids is 1. The smallest absolute Gasteiger partial charge is 0.335 e. The lowest BCUT2D eigenvalue weighted by Crippen LogP contribution is -2.37. The van der Waals surface area contributed by atoms with Gasteiger partial charge < -0.3 is 5.11 Å². The second-order valence-corrected chi connectivity index (χ2v) is 5.48. The fourth-order valence-corrected chi connectivity index (χ4v) is 2.85. The van der Waals surface area contributed by atoms with Gasteiger partial charge in [-0.3, -0.25) is 4.31 Å². The van der Waals surface area contributed by atoms with Crippen molar-refractivity contribution in [3.8, 4) is 0 Å². The van der Waals surface area contributed by atoms with Crippen molar-refractivity contribution in [3.05, 3.63) is 29.3 Å². The summed E-state index contributed by atoms with van der Waals surface area (Å²) < 4.78 is 26.9. The van der Waals surface area contributed by atoms with E-state index in [1.165, 1.54) is 29.6 Å². The largest absolute Gasteiger partial charge is 0.478 e. The maximum atomic E-state index is 11.7. The van der Waals surface area contributed by atoms with E-state index in [0.717, 1.165) is 5.56 Å². The first-order valence-corrected chi connectivity index (χ1v) is 6.47. The molecule has 1 heterocycles. The SMILES string of the molecule is CNS(=O)(=O)N1CCc2cc(C(=O)O)ccc21. The monoisotopic (exact) mass is 256 g/mol. The zero-order chi connectivity index (χ0) is 12.6. The number of hydrogen-bond donors (Lipinski definition) is 2. The Balaban J connectivity index is 2.44. The van der Waals surface area contributed by atoms with Gasteiger partial charge in [0.15, 0.2) is 0 Å². The lowest BCUT2D eigenvalue weighted by atomic mass is 10.1. The second-order valence-electron chi connectivity index (χ2n) is 3.68. The molecular formula is C10H12N2O4S. The van der Waals surface area contributed by atoms with Crippen LogP contribution < -0.4 is 9.03 Å². The van der Waals surface area contributed by atoms with E-state index < -0.39 is 16.2 Å². The van der Waals surface area contributed by atoms with Crippen LogP contribution in [0.5, 0.6) is 0 Å². The maximum Gasteiger partial charge on any atom is 0.335 e. The number of nitrogens with zero attached hydrogens (tertiary/aromatic N) is 1. The van der Waals surface area contributed by atoms with Gasteiger partial charge in [0.1, 0.15) is 0 Å². The fourth-order valence-electron chi connectivity index (χ4n) is 1.86. The number of fused-ring (bicyclic) bond motifs is 1. The van der Waals surface area contributed by atoms with Gasteiger partial charge in [-0.1, -0.05) is 0 Å². The summed E-state index contributed by atoms with van der Waals surface area (Å²) in [6.07, 6.45) is 0.525. The van der Waals surface area contributed by atoms with E-state index in [2.05, 4.69) is 4.72 Å². The Kier molecular flexibility index (Phi) is 2.80. The van der Waals surface area contributed by atoms with Crippen LogP contribution in [0.4, 0.5) is 5.69 Å². The number of carboxylic acid groups (broad SMARTS) is 1. The number of carbonyl (C=O) groups is 1. The molecule has 0 atom stereocenters. The van der Waals surface area contributed by atoms with Crippen molar-refractivity contribution in [1.82, 2.24) is 4.72 Å². The highest BCUT2D eigenvalue weighted by molar-refractivity contribution is 7.90. The maximum absolute atomic E-state index is 11.7. The molecular weight excluding hydrogens is 244 g/mol. The predicted octanol–water partition coefficient (Wildman–Crippen LogP) is 0.212. The van der Waals surface area contributed by atoms with Gasteiger partial charge in [-0.05, 0) is 30.2 Å². The van der Waals surface area contributed by atoms with Crippen molar-refractivity contribution in [2.45, 2.75) is 6.42 Å². The predicted molar refractivity (Wildman–Crippen MR) is 62.4 cm³/mol. The summed E-state index contributed by atoms with van der Waals surface area (Å²) in [6.45, 7) is 0.335. The van der Waals surface area contributed by atoms with Crippen molar-refractivity contribution in [2.75, 3.05) is 17.9 Å². The summed E-state index contributed by atoms with van der Waals surface area (Å²) in [5.74, 6) is -1.01. The average molecular weight is 256 g/mol. The molecule has 7 heteroatoms. The normalized spacial score (nSPS) is 14.8. The fraction of sp³-hybridized carbons (Fsp3) is 0.300. The number of hydrogen-bond acceptors (Lipinski definition) is 3. The minimum atomic E-state index is -3.51. The molecule has 0 aromatic heterocycles. The molecule has 0 unspecified atom stereocenters. The van der Waals surface area contributed by atoms with Crippen LogP contribution >= 0.6 is 0 Å². The van der Waals surface area contributed by atoms with Gasteiger partial charge in [0.2, 0.25) is 0 Å². The highest BCUT2D eigenvalue weighted by atomic mass is 32.2. The molecule has 0 bridgehead atoms. The van der Waals surface area contributed by atoms with Crippen LogP contribution in [-0.2, 0) is 16.6 Å². The zero-order valence-electron chi connectivity index (χ0n) is 9.17. The van der Waals surface area contributed by atoms with E-state index in [-0.39, 0.29) is 5.56 Å². The van der Waals surface area contributed by atoms with Crippen molar-refractivity contribution < 1.29 is 18.3 Å². The molecule has 2 rings (SSSR count). The first-order valence-electron chi connectivity index (χ1n) is 5.03. The van der Waals surface area contributed by atoms with Crippen molar-refractivity contribution in [2.24, 2.45) is 0 Å². The topological polar surface area (TPSA) is 86.7 Å². The summed E-state index contributed by atoms with van der Waals surface area (Å²) in [5.41, 5.74) is 1.46. The number of rotatable bonds is 3. The van der Waals surface area contributed by atoms with Gasteiger partial charge in [0.25, 0.3) is 0 Å². The molecule has 0 radical (unpaired) electrons. The highest BCUT2D eigenvalue weighted by Crippen LogP contribution is 2.30. The van der Waals surface area contributed by atoms with Gasteiger partial charge in [-0.25, -0.2) is 9.52 Å². The van der Waals surface area contributed by atoms with Crippen LogP contribution in [0.1, 0.15) is 15.9 Å².